The molecule has 2 unspecified atom stereocenters. The topological polar surface area (TPSA) is 65.0 Å². The third-order valence-electron chi connectivity index (χ3n) is 4.09. The van der Waals surface area contributed by atoms with Crippen molar-refractivity contribution in [2.24, 2.45) is 10.9 Å². The first-order valence-electron chi connectivity index (χ1n) is 7.39. The molecule has 0 radical (unpaired) electrons. The number of nitrogens with zero attached hydrogens (tertiary/aromatic N) is 1. The van der Waals surface area contributed by atoms with Crippen molar-refractivity contribution in [1.82, 2.24) is 0 Å². The standard InChI is InChI=1S/C18H21NO4/c1-10-7-6-8-13(9-10)16-14(17(20)22-4)11(2)19-12(3)15(16)18(21)23-5/h6-9,14,16H,1-5H3. The zero-order valence-corrected chi connectivity index (χ0v) is 14.0. The predicted molar refractivity (Wildman–Crippen MR) is 87.3 cm³/mol. The van der Waals surface area contributed by atoms with E-state index < -0.39 is 23.8 Å². The van der Waals surface area contributed by atoms with Crippen molar-refractivity contribution >= 4 is 17.7 Å². The average Bonchev–Trinajstić information content (AvgIpc) is 2.52. The van der Waals surface area contributed by atoms with Gasteiger partial charge in [-0.15, -0.1) is 0 Å². The van der Waals surface area contributed by atoms with E-state index in [2.05, 4.69) is 4.99 Å². The van der Waals surface area contributed by atoms with Gasteiger partial charge in [-0.2, -0.15) is 0 Å². The molecule has 5 nitrogen and oxygen atoms in total. The van der Waals surface area contributed by atoms with Crippen LogP contribution in [0.3, 0.4) is 0 Å². The lowest BCUT2D eigenvalue weighted by Gasteiger charge is -2.31. The van der Waals surface area contributed by atoms with Gasteiger partial charge >= 0.3 is 11.9 Å². The Morgan fingerprint density at radius 2 is 1.78 bits per heavy atom. The van der Waals surface area contributed by atoms with E-state index >= 15 is 0 Å². The lowest BCUT2D eigenvalue weighted by molar-refractivity contribution is -0.143. The molecule has 0 spiro atoms. The smallest absolute Gasteiger partial charge is 0.336 e. The number of ether oxygens (including phenoxy) is 2. The number of esters is 2. The lowest BCUT2D eigenvalue weighted by atomic mass is 9.75. The molecule has 2 atom stereocenters. The van der Waals surface area contributed by atoms with Gasteiger partial charge in [0.25, 0.3) is 0 Å². The van der Waals surface area contributed by atoms with Crippen molar-refractivity contribution in [2.75, 3.05) is 14.2 Å². The van der Waals surface area contributed by atoms with Gasteiger partial charge in [-0.25, -0.2) is 4.79 Å². The van der Waals surface area contributed by atoms with E-state index in [0.717, 1.165) is 11.1 Å². The van der Waals surface area contributed by atoms with E-state index in [0.29, 0.717) is 17.0 Å². The highest BCUT2D eigenvalue weighted by molar-refractivity contribution is 6.06. The van der Waals surface area contributed by atoms with Crippen LogP contribution >= 0.6 is 0 Å². The summed E-state index contributed by atoms with van der Waals surface area (Å²) < 4.78 is 9.87. The van der Waals surface area contributed by atoms with Crippen molar-refractivity contribution in [1.29, 1.82) is 0 Å². The SMILES string of the molecule is COC(=O)C1=C(C)N=C(C)C(C(=O)OC)C1c1cccc(C)c1. The van der Waals surface area contributed by atoms with Gasteiger partial charge in [-0.1, -0.05) is 29.8 Å². The van der Waals surface area contributed by atoms with Crippen LogP contribution < -0.4 is 0 Å². The van der Waals surface area contributed by atoms with Gasteiger partial charge in [-0.3, -0.25) is 9.79 Å². The van der Waals surface area contributed by atoms with Crippen molar-refractivity contribution in [3.8, 4) is 0 Å². The largest absolute Gasteiger partial charge is 0.468 e. The number of methoxy groups -OCH3 is 2. The summed E-state index contributed by atoms with van der Waals surface area (Å²) in [6.07, 6.45) is 0. The molecular formula is C18H21NO4. The molecule has 1 aromatic rings. The van der Waals surface area contributed by atoms with Crippen molar-refractivity contribution in [3.05, 3.63) is 46.7 Å². The molecule has 0 fully saturated rings. The van der Waals surface area contributed by atoms with E-state index in [-0.39, 0.29) is 0 Å². The number of benzene rings is 1. The van der Waals surface area contributed by atoms with Gasteiger partial charge in [0.1, 0.15) is 5.92 Å². The Labute approximate surface area is 136 Å². The summed E-state index contributed by atoms with van der Waals surface area (Å²) in [5, 5.41) is 0. The molecule has 1 heterocycles. The van der Waals surface area contributed by atoms with Gasteiger partial charge in [0.2, 0.25) is 0 Å². The van der Waals surface area contributed by atoms with Crippen LogP contribution in [0.2, 0.25) is 0 Å². The molecule has 0 amide bonds. The third kappa shape index (κ3) is 3.18. The van der Waals surface area contributed by atoms with E-state index in [1.165, 1.54) is 14.2 Å². The van der Waals surface area contributed by atoms with Crippen molar-refractivity contribution < 1.29 is 19.1 Å². The summed E-state index contributed by atoms with van der Waals surface area (Å²) >= 11 is 0. The van der Waals surface area contributed by atoms with Crippen molar-refractivity contribution in [3.63, 3.8) is 0 Å². The minimum atomic E-state index is -0.639. The minimum Gasteiger partial charge on any atom is -0.468 e. The molecule has 122 valence electrons. The van der Waals surface area contributed by atoms with Crippen LogP contribution in [0, 0.1) is 12.8 Å². The first kappa shape index (κ1) is 16.9. The molecule has 0 saturated heterocycles. The van der Waals surface area contributed by atoms with Crippen molar-refractivity contribution in [2.45, 2.75) is 26.7 Å². The maximum absolute atomic E-state index is 12.3. The molecule has 0 saturated carbocycles. The van der Waals surface area contributed by atoms with Crippen LogP contribution in [0.5, 0.6) is 0 Å². The Morgan fingerprint density at radius 3 is 2.35 bits per heavy atom. The maximum atomic E-state index is 12.3. The van der Waals surface area contributed by atoms with Crippen LogP contribution in [-0.2, 0) is 19.1 Å². The highest BCUT2D eigenvalue weighted by Crippen LogP contribution is 2.40. The molecule has 0 bridgehead atoms. The Bertz CT molecular complexity index is 703. The van der Waals surface area contributed by atoms with Crippen LogP contribution in [0.25, 0.3) is 0 Å². The monoisotopic (exact) mass is 315 g/mol. The van der Waals surface area contributed by atoms with Crippen LogP contribution in [0.1, 0.15) is 30.9 Å². The Hall–Kier alpha value is -2.43. The maximum Gasteiger partial charge on any atom is 0.336 e. The first-order valence-corrected chi connectivity index (χ1v) is 7.39. The quantitative estimate of drug-likeness (QED) is 0.805. The Balaban J connectivity index is 2.68. The number of hydrogen-bond acceptors (Lipinski definition) is 5. The summed E-state index contributed by atoms with van der Waals surface area (Å²) in [4.78, 5) is 29.0. The van der Waals surface area contributed by atoms with Gasteiger partial charge < -0.3 is 9.47 Å². The number of allylic oxidation sites excluding steroid dienone is 1. The molecule has 0 aliphatic carbocycles. The highest BCUT2D eigenvalue weighted by atomic mass is 16.5. The number of aryl methyl sites for hydroxylation is 1. The third-order valence-corrected chi connectivity index (χ3v) is 4.09. The van der Waals surface area contributed by atoms with Crippen LogP contribution in [0.15, 0.2) is 40.5 Å². The molecule has 23 heavy (non-hydrogen) atoms. The molecular weight excluding hydrogens is 294 g/mol. The molecule has 5 heteroatoms. The number of aliphatic imine (C=N–C) groups is 1. The second-order valence-corrected chi connectivity index (χ2v) is 5.64. The number of carbonyl (C=O) groups excluding carboxylic acids is 2. The molecule has 1 aliphatic rings. The second-order valence-electron chi connectivity index (χ2n) is 5.64. The first-order chi connectivity index (χ1) is 10.9. The van der Waals surface area contributed by atoms with E-state index in [9.17, 15) is 9.59 Å². The average molecular weight is 315 g/mol. The fourth-order valence-corrected chi connectivity index (χ4v) is 3.07. The summed E-state index contributed by atoms with van der Waals surface area (Å²) in [6, 6.07) is 7.75. The summed E-state index contributed by atoms with van der Waals surface area (Å²) in [6.45, 7) is 5.50. The zero-order valence-electron chi connectivity index (χ0n) is 14.0. The minimum absolute atomic E-state index is 0.402. The molecule has 0 aromatic heterocycles. The van der Waals surface area contributed by atoms with Gasteiger partial charge in [0, 0.05) is 17.3 Å². The normalized spacial score (nSPS) is 20.8. The number of hydrogen-bond donors (Lipinski definition) is 0. The summed E-state index contributed by atoms with van der Waals surface area (Å²) in [7, 11) is 2.67. The van der Waals surface area contributed by atoms with Crippen LogP contribution in [-0.4, -0.2) is 31.9 Å². The highest BCUT2D eigenvalue weighted by Gasteiger charge is 2.41. The number of carbonyl (C=O) groups is 2. The number of rotatable bonds is 3. The fourth-order valence-electron chi connectivity index (χ4n) is 3.07. The zero-order chi connectivity index (χ0) is 17.1. The molecule has 2 rings (SSSR count). The van der Waals surface area contributed by atoms with E-state index in [1.54, 1.807) is 13.8 Å². The second kappa shape index (κ2) is 6.77. The molecule has 1 aliphatic heterocycles. The predicted octanol–water partition coefficient (Wildman–Crippen LogP) is 2.79. The van der Waals surface area contributed by atoms with E-state index in [1.807, 2.05) is 31.2 Å². The fraction of sp³-hybridized carbons (Fsp3) is 0.389. The molecule has 1 aromatic carbocycles. The van der Waals surface area contributed by atoms with Crippen LogP contribution in [0.4, 0.5) is 0 Å². The lowest BCUT2D eigenvalue weighted by Crippen LogP contribution is -2.36. The van der Waals surface area contributed by atoms with Gasteiger partial charge in [0.15, 0.2) is 0 Å². The Kier molecular flexibility index (Phi) is 4.98. The summed E-state index contributed by atoms with van der Waals surface area (Å²) in [5.41, 5.74) is 3.52. The molecule has 0 N–H and O–H groups in total. The Morgan fingerprint density at radius 1 is 1.09 bits per heavy atom. The summed E-state index contributed by atoms with van der Waals surface area (Å²) in [5.74, 6) is -1.99. The van der Waals surface area contributed by atoms with Gasteiger partial charge in [0.05, 0.1) is 19.8 Å². The van der Waals surface area contributed by atoms with E-state index in [4.69, 9.17) is 9.47 Å². The van der Waals surface area contributed by atoms with Gasteiger partial charge in [-0.05, 0) is 26.3 Å².